The number of hydrogen-bond acceptors (Lipinski definition) is 4. The Bertz CT molecular complexity index is 309. The van der Waals surface area contributed by atoms with Gasteiger partial charge in [-0.05, 0) is 21.6 Å². The Labute approximate surface area is 87.7 Å². The zero-order valence-corrected chi connectivity index (χ0v) is 8.85. The molecule has 5 nitrogen and oxygen atoms in total. The minimum Gasteiger partial charge on any atom is -0.358 e. The van der Waals surface area contributed by atoms with Crippen LogP contribution in [0.25, 0.3) is 0 Å². The maximum atomic E-state index is 10.4. The minimum atomic E-state index is -0.488. The molecule has 0 aliphatic rings. The number of nitro groups is 1. The normalized spacial score (nSPS) is 12.7. The molecule has 0 N–H and O–H groups in total. The first-order chi connectivity index (χ1) is 6.67. The van der Waals surface area contributed by atoms with Crippen LogP contribution in [0.15, 0.2) is 12.5 Å². The quantitative estimate of drug-likeness (QED) is 0.462. The highest BCUT2D eigenvalue weighted by molar-refractivity contribution is 7.80. The zero-order valence-electron chi connectivity index (χ0n) is 7.96. The fourth-order valence-corrected chi connectivity index (χ4v) is 1.53. The van der Waals surface area contributed by atoms with Gasteiger partial charge in [0.1, 0.15) is 6.20 Å². The Morgan fingerprint density at radius 2 is 2.50 bits per heavy atom. The van der Waals surface area contributed by atoms with Crippen molar-refractivity contribution in [2.24, 2.45) is 5.92 Å². The Balaban J connectivity index is 2.63. The predicted octanol–water partition coefficient (Wildman–Crippen LogP) is 1.75. The molecule has 0 aliphatic heterocycles. The third-order valence-corrected chi connectivity index (χ3v) is 2.63. The van der Waals surface area contributed by atoms with Gasteiger partial charge in [-0.2, -0.15) is 12.6 Å². The first kappa shape index (κ1) is 11.0. The van der Waals surface area contributed by atoms with Crippen LogP contribution >= 0.6 is 12.6 Å². The van der Waals surface area contributed by atoms with E-state index in [0.29, 0.717) is 5.92 Å². The van der Waals surface area contributed by atoms with E-state index in [9.17, 15) is 10.1 Å². The van der Waals surface area contributed by atoms with E-state index in [1.54, 1.807) is 4.57 Å². The Morgan fingerprint density at radius 1 is 1.79 bits per heavy atom. The summed E-state index contributed by atoms with van der Waals surface area (Å²) in [5.41, 5.74) is 0. The maximum Gasteiger partial charge on any atom is 0.381 e. The maximum absolute atomic E-state index is 10.4. The number of rotatable bonds is 5. The van der Waals surface area contributed by atoms with Gasteiger partial charge in [-0.15, -0.1) is 0 Å². The van der Waals surface area contributed by atoms with Gasteiger partial charge < -0.3 is 14.7 Å². The van der Waals surface area contributed by atoms with Crippen molar-refractivity contribution in [1.82, 2.24) is 9.55 Å². The molecule has 1 heterocycles. The summed E-state index contributed by atoms with van der Waals surface area (Å²) >= 11 is 4.21. The molecule has 6 heteroatoms. The molecule has 0 fully saturated rings. The fourth-order valence-electron chi connectivity index (χ4n) is 1.16. The van der Waals surface area contributed by atoms with Crippen LogP contribution in [0.2, 0.25) is 0 Å². The monoisotopic (exact) mass is 215 g/mol. The van der Waals surface area contributed by atoms with Crippen molar-refractivity contribution in [2.45, 2.75) is 19.9 Å². The van der Waals surface area contributed by atoms with Crippen molar-refractivity contribution in [3.8, 4) is 0 Å². The molecule has 1 aromatic rings. The highest BCUT2D eigenvalue weighted by atomic mass is 32.1. The third-order valence-electron chi connectivity index (χ3n) is 2.11. The molecule has 14 heavy (non-hydrogen) atoms. The average Bonchev–Trinajstić information content (AvgIpc) is 2.62. The van der Waals surface area contributed by atoms with Crippen LogP contribution in [0.3, 0.4) is 0 Å². The van der Waals surface area contributed by atoms with Gasteiger partial charge in [-0.1, -0.05) is 13.3 Å². The lowest BCUT2D eigenvalue weighted by molar-refractivity contribution is -0.389. The molecule has 1 aromatic heterocycles. The second-order valence-electron chi connectivity index (χ2n) is 3.14. The van der Waals surface area contributed by atoms with Crippen molar-refractivity contribution in [3.05, 3.63) is 22.6 Å². The largest absolute Gasteiger partial charge is 0.381 e. The average molecular weight is 215 g/mol. The summed E-state index contributed by atoms with van der Waals surface area (Å²) in [4.78, 5) is 13.5. The summed E-state index contributed by atoms with van der Waals surface area (Å²) in [6, 6.07) is 0. The van der Waals surface area contributed by atoms with E-state index in [2.05, 4.69) is 24.5 Å². The Kier molecular flexibility index (Phi) is 3.94. The fraction of sp³-hybridized carbons (Fsp3) is 0.625. The SMILES string of the molecule is CCC(CS)Cn1cnc([N+](=O)[O-])c1. The Morgan fingerprint density at radius 3 is 2.93 bits per heavy atom. The summed E-state index contributed by atoms with van der Waals surface area (Å²) in [6.45, 7) is 2.81. The van der Waals surface area contributed by atoms with Gasteiger partial charge >= 0.3 is 5.82 Å². The van der Waals surface area contributed by atoms with Crippen molar-refractivity contribution < 1.29 is 4.92 Å². The van der Waals surface area contributed by atoms with E-state index < -0.39 is 4.92 Å². The molecule has 0 aliphatic carbocycles. The number of thiol groups is 1. The van der Waals surface area contributed by atoms with Crippen molar-refractivity contribution >= 4 is 18.4 Å². The van der Waals surface area contributed by atoms with Gasteiger partial charge in [0.15, 0.2) is 0 Å². The second kappa shape index (κ2) is 4.99. The molecule has 0 radical (unpaired) electrons. The molecule has 0 spiro atoms. The van der Waals surface area contributed by atoms with Crippen LogP contribution in [-0.2, 0) is 6.54 Å². The highest BCUT2D eigenvalue weighted by Gasteiger charge is 2.12. The molecule has 1 rings (SSSR count). The summed E-state index contributed by atoms with van der Waals surface area (Å²) in [7, 11) is 0. The van der Waals surface area contributed by atoms with E-state index in [0.717, 1.165) is 18.7 Å². The number of nitrogens with zero attached hydrogens (tertiary/aromatic N) is 3. The molecule has 0 saturated carbocycles. The van der Waals surface area contributed by atoms with Crippen molar-refractivity contribution in [2.75, 3.05) is 5.75 Å². The van der Waals surface area contributed by atoms with Gasteiger partial charge in [0, 0.05) is 6.54 Å². The van der Waals surface area contributed by atoms with Crippen LogP contribution in [-0.4, -0.2) is 20.2 Å². The molecular weight excluding hydrogens is 202 g/mol. The third kappa shape index (κ3) is 2.73. The van der Waals surface area contributed by atoms with Gasteiger partial charge in [0.05, 0.1) is 0 Å². The van der Waals surface area contributed by atoms with Gasteiger partial charge in [-0.25, -0.2) is 0 Å². The van der Waals surface area contributed by atoms with Crippen LogP contribution < -0.4 is 0 Å². The van der Waals surface area contributed by atoms with E-state index in [1.807, 2.05) is 0 Å². The lowest BCUT2D eigenvalue weighted by Crippen LogP contribution is -2.09. The standard InChI is InChI=1S/C8H13N3O2S/c1-2-7(5-14)3-10-4-8(9-6-10)11(12)13/h4,6-7,14H,2-3,5H2,1H3. The van der Waals surface area contributed by atoms with Gasteiger partial charge in [0.2, 0.25) is 6.33 Å². The minimum absolute atomic E-state index is 0.0981. The molecular formula is C8H13N3O2S. The summed E-state index contributed by atoms with van der Waals surface area (Å²) < 4.78 is 1.74. The lowest BCUT2D eigenvalue weighted by Gasteiger charge is -2.10. The van der Waals surface area contributed by atoms with Gasteiger partial charge in [0.25, 0.3) is 0 Å². The van der Waals surface area contributed by atoms with Crippen LogP contribution in [0.4, 0.5) is 5.82 Å². The predicted molar refractivity (Wildman–Crippen MR) is 56.5 cm³/mol. The second-order valence-corrected chi connectivity index (χ2v) is 3.51. The van der Waals surface area contributed by atoms with E-state index >= 15 is 0 Å². The van der Waals surface area contributed by atoms with Gasteiger partial charge in [-0.3, -0.25) is 0 Å². The summed E-state index contributed by atoms with van der Waals surface area (Å²) in [5, 5.41) is 10.4. The van der Waals surface area contributed by atoms with E-state index in [-0.39, 0.29) is 5.82 Å². The molecule has 78 valence electrons. The van der Waals surface area contributed by atoms with E-state index in [4.69, 9.17) is 0 Å². The molecule has 1 atom stereocenters. The molecule has 1 unspecified atom stereocenters. The molecule has 0 amide bonds. The van der Waals surface area contributed by atoms with E-state index in [1.165, 1.54) is 12.5 Å². The number of aromatic nitrogens is 2. The highest BCUT2D eigenvalue weighted by Crippen LogP contribution is 2.11. The molecule has 0 bridgehead atoms. The first-order valence-corrected chi connectivity index (χ1v) is 5.07. The summed E-state index contributed by atoms with van der Waals surface area (Å²) in [6.07, 6.45) is 3.95. The van der Waals surface area contributed by atoms with Crippen LogP contribution in [0, 0.1) is 16.0 Å². The lowest BCUT2D eigenvalue weighted by atomic mass is 10.1. The number of hydrogen-bond donors (Lipinski definition) is 1. The Hall–Kier alpha value is -1.04. The number of imidazole rings is 1. The van der Waals surface area contributed by atoms with Crippen molar-refractivity contribution in [1.29, 1.82) is 0 Å². The van der Waals surface area contributed by atoms with Crippen molar-refractivity contribution in [3.63, 3.8) is 0 Å². The molecule has 0 saturated heterocycles. The summed E-state index contributed by atoms with van der Waals surface area (Å²) in [5.74, 6) is 1.12. The zero-order chi connectivity index (χ0) is 10.6. The van der Waals surface area contributed by atoms with Crippen LogP contribution in [0.5, 0.6) is 0 Å². The smallest absolute Gasteiger partial charge is 0.358 e. The first-order valence-electron chi connectivity index (χ1n) is 4.44. The van der Waals surface area contributed by atoms with Crippen LogP contribution in [0.1, 0.15) is 13.3 Å². The topological polar surface area (TPSA) is 61.0 Å². The molecule has 0 aromatic carbocycles.